The maximum Gasteiger partial charge on any atom is -0.000814 e. The third-order valence-electron chi connectivity index (χ3n) is 4.23. The van der Waals surface area contributed by atoms with Crippen molar-refractivity contribution in [1.29, 1.82) is 0 Å². The van der Waals surface area contributed by atoms with E-state index >= 15 is 0 Å². The topological polar surface area (TPSA) is 12.0 Å². The summed E-state index contributed by atoms with van der Waals surface area (Å²) < 4.78 is 0. The molecule has 1 nitrogen and oxygen atoms in total. The lowest BCUT2D eigenvalue weighted by atomic mass is 9.89. The average molecular weight is 245 g/mol. The Morgan fingerprint density at radius 3 is 2.61 bits per heavy atom. The Bertz CT molecular complexity index is 364. The lowest BCUT2D eigenvalue weighted by Crippen LogP contribution is -2.26. The van der Waals surface area contributed by atoms with E-state index in [4.69, 9.17) is 0 Å². The fraction of sp³-hybridized carbons (Fsp3) is 0.647. The maximum atomic E-state index is 3.65. The van der Waals surface area contributed by atoms with Gasteiger partial charge in [0.15, 0.2) is 0 Å². The van der Waals surface area contributed by atoms with Gasteiger partial charge in [0.05, 0.1) is 0 Å². The van der Waals surface area contributed by atoms with Gasteiger partial charge in [-0.2, -0.15) is 0 Å². The van der Waals surface area contributed by atoms with Crippen LogP contribution in [0, 0.1) is 19.8 Å². The Morgan fingerprint density at radius 2 is 1.89 bits per heavy atom. The van der Waals surface area contributed by atoms with Crippen LogP contribution in [0.15, 0.2) is 18.2 Å². The normalized spacial score (nSPS) is 17.0. The second-order valence-corrected chi connectivity index (χ2v) is 5.89. The number of nitrogens with one attached hydrogen (secondary N) is 1. The van der Waals surface area contributed by atoms with Crippen molar-refractivity contribution in [3.8, 4) is 0 Å². The monoisotopic (exact) mass is 245 g/mol. The predicted octanol–water partition coefficient (Wildman–Crippen LogP) is 4.02. The summed E-state index contributed by atoms with van der Waals surface area (Å²) in [6.07, 6.45) is 8.40. The van der Waals surface area contributed by atoms with Crippen molar-refractivity contribution >= 4 is 0 Å². The zero-order valence-corrected chi connectivity index (χ0v) is 12.0. The van der Waals surface area contributed by atoms with Crippen LogP contribution in [0.2, 0.25) is 0 Å². The molecule has 1 fully saturated rings. The van der Waals surface area contributed by atoms with E-state index in [2.05, 4.69) is 37.4 Å². The highest BCUT2D eigenvalue weighted by Crippen LogP contribution is 2.22. The summed E-state index contributed by atoms with van der Waals surface area (Å²) in [4.78, 5) is 0. The molecular formula is C17H27N. The molecule has 0 bridgehead atoms. The molecule has 1 aromatic carbocycles. The summed E-state index contributed by atoms with van der Waals surface area (Å²) >= 11 is 0. The third kappa shape index (κ3) is 4.13. The molecule has 100 valence electrons. The van der Waals surface area contributed by atoms with Gasteiger partial charge < -0.3 is 5.32 Å². The van der Waals surface area contributed by atoms with Gasteiger partial charge in [-0.25, -0.2) is 0 Å². The Labute approximate surface area is 112 Å². The van der Waals surface area contributed by atoms with Gasteiger partial charge in [-0.3, -0.25) is 0 Å². The van der Waals surface area contributed by atoms with Gasteiger partial charge >= 0.3 is 0 Å². The zero-order chi connectivity index (χ0) is 12.8. The van der Waals surface area contributed by atoms with Gasteiger partial charge in [-0.05, 0) is 63.2 Å². The first kappa shape index (κ1) is 13.6. The third-order valence-corrected chi connectivity index (χ3v) is 4.23. The molecule has 0 atom stereocenters. The molecule has 0 amide bonds. The first-order valence-electron chi connectivity index (χ1n) is 7.52. The Balaban J connectivity index is 1.68. The van der Waals surface area contributed by atoms with Crippen LogP contribution >= 0.6 is 0 Å². The minimum absolute atomic E-state index is 0.942. The van der Waals surface area contributed by atoms with E-state index in [0.717, 1.165) is 12.5 Å². The van der Waals surface area contributed by atoms with Crippen molar-refractivity contribution in [2.75, 3.05) is 13.1 Å². The first-order chi connectivity index (χ1) is 8.75. The fourth-order valence-electron chi connectivity index (χ4n) is 3.05. The van der Waals surface area contributed by atoms with Crippen LogP contribution in [0.1, 0.15) is 48.8 Å². The molecular weight excluding hydrogens is 218 g/mol. The van der Waals surface area contributed by atoms with Gasteiger partial charge in [0.1, 0.15) is 0 Å². The highest BCUT2D eigenvalue weighted by Gasteiger charge is 2.12. The molecule has 1 aliphatic rings. The average Bonchev–Trinajstić information content (AvgIpc) is 2.38. The van der Waals surface area contributed by atoms with Crippen LogP contribution in [0.3, 0.4) is 0 Å². The van der Waals surface area contributed by atoms with E-state index < -0.39 is 0 Å². The SMILES string of the molecule is Cc1ccc(CCNCC2CCCCC2)c(C)c1. The van der Waals surface area contributed by atoms with Crippen LogP contribution in [0.4, 0.5) is 0 Å². The summed E-state index contributed by atoms with van der Waals surface area (Å²) in [7, 11) is 0. The summed E-state index contributed by atoms with van der Waals surface area (Å²) in [5.74, 6) is 0.942. The molecule has 1 heteroatoms. The smallest absolute Gasteiger partial charge is 0.000814 e. The molecule has 0 heterocycles. The van der Waals surface area contributed by atoms with Gasteiger partial charge in [0.2, 0.25) is 0 Å². The Morgan fingerprint density at radius 1 is 1.11 bits per heavy atom. The molecule has 18 heavy (non-hydrogen) atoms. The van der Waals surface area contributed by atoms with Crippen LogP contribution in [-0.4, -0.2) is 13.1 Å². The lowest BCUT2D eigenvalue weighted by Gasteiger charge is -2.21. The number of benzene rings is 1. The number of hydrogen-bond acceptors (Lipinski definition) is 1. The zero-order valence-electron chi connectivity index (χ0n) is 12.0. The quantitative estimate of drug-likeness (QED) is 0.773. The highest BCUT2D eigenvalue weighted by molar-refractivity contribution is 5.30. The van der Waals surface area contributed by atoms with Crippen molar-refractivity contribution in [1.82, 2.24) is 5.32 Å². The largest absolute Gasteiger partial charge is 0.316 e. The summed E-state index contributed by atoms with van der Waals surface area (Å²) in [5.41, 5.74) is 4.30. The van der Waals surface area contributed by atoms with Gasteiger partial charge in [-0.15, -0.1) is 0 Å². The molecule has 1 saturated carbocycles. The fourth-order valence-corrected chi connectivity index (χ4v) is 3.05. The predicted molar refractivity (Wildman–Crippen MR) is 79.1 cm³/mol. The van der Waals surface area contributed by atoms with Gasteiger partial charge in [0.25, 0.3) is 0 Å². The van der Waals surface area contributed by atoms with Crippen LogP contribution in [0.5, 0.6) is 0 Å². The van der Waals surface area contributed by atoms with Crippen molar-refractivity contribution < 1.29 is 0 Å². The molecule has 1 aromatic rings. The molecule has 0 aromatic heterocycles. The molecule has 0 spiro atoms. The first-order valence-corrected chi connectivity index (χ1v) is 7.52. The maximum absolute atomic E-state index is 3.65. The van der Waals surface area contributed by atoms with Crippen molar-refractivity contribution in [3.05, 3.63) is 34.9 Å². The second kappa shape index (κ2) is 6.94. The number of hydrogen-bond donors (Lipinski definition) is 1. The molecule has 1 aliphatic carbocycles. The summed E-state index contributed by atoms with van der Waals surface area (Å²) in [6.45, 7) is 6.74. The molecule has 2 rings (SSSR count). The Kier molecular flexibility index (Phi) is 5.25. The minimum atomic E-state index is 0.942. The Hall–Kier alpha value is -0.820. The van der Waals surface area contributed by atoms with Crippen molar-refractivity contribution in [3.63, 3.8) is 0 Å². The lowest BCUT2D eigenvalue weighted by molar-refractivity contribution is 0.343. The van der Waals surface area contributed by atoms with Crippen LogP contribution in [0.25, 0.3) is 0 Å². The standard InChI is InChI=1S/C17H27N/c1-14-8-9-17(15(2)12-14)10-11-18-13-16-6-4-3-5-7-16/h8-9,12,16,18H,3-7,10-11,13H2,1-2H3. The minimum Gasteiger partial charge on any atom is -0.316 e. The number of rotatable bonds is 5. The van der Waals surface area contributed by atoms with E-state index in [1.165, 1.54) is 61.8 Å². The number of aryl methyl sites for hydroxylation is 2. The second-order valence-electron chi connectivity index (χ2n) is 5.89. The van der Waals surface area contributed by atoms with Crippen LogP contribution < -0.4 is 5.32 Å². The highest BCUT2D eigenvalue weighted by atomic mass is 14.9. The molecule has 1 N–H and O–H groups in total. The van der Waals surface area contributed by atoms with Crippen molar-refractivity contribution in [2.45, 2.75) is 52.4 Å². The molecule has 0 radical (unpaired) electrons. The van der Waals surface area contributed by atoms with Gasteiger partial charge in [0, 0.05) is 0 Å². The summed E-state index contributed by atoms with van der Waals surface area (Å²) in [5, 5.41) is 3.65. The van der Waals surface area contributed by atoms with Crippen LogP contribution in [-0.2, 0) is 6.42 Å². The molecule has 0 unspecified atom stereocenters. The van der Waals surface area contributed by atoms with E-state index in [-0.39, 0.29) is 0 Å². The summed E-state index contributed by atoms with van der Waals surface area (Å²) in [6, 6.07) is 6.80. The van der Waals surface area contributed by atoms with E-state index in [1.54, 1.807) is 0 Å². The molecule has 0 aliphatic heterocycles. The van der Waals surface area contributed by atoms with Crippen molar-refractivity contribution in [2.24, 2.45) is 5.92 Å². The van der Waals surface area contributed by atoms with E-state index in [0.29, 0.717) is 0 Å². The van der Waals surface area contributed by atoms with Gasteiger partial charge in [-0.1, -0.05) is 43.0 Å². The molecule has 0 saturated heterocycles. The van der Waals surface area contributed by atoms with E-state index in [9.17, 15) is 0 Å². The van der Waals surface area contributed by atoms with E-state index in [1.807, 2.05) is 0 Å².